The molecule has 1 N–H and O–H groups in total. The number of anilines is 1. The fraction of sp³-hybridized carbons (Fsp3) is 0.583. The van der Waals surface area contributed by atoms with Gasteiger partial charge in [-0.25, -0.2) is 5.01 Å². The van der Waals surface area contributed by atoms with Crippen molar-refractivity contribution in [2.45, 2.75) is 45.2 Å². The number of aromatic nitrogens is 2. The van der Waals surface area contributed by atoms with E-state index in [1.165, 1.54) is 22.2 Å². The zero-order chi connectivity index (χ0) is 14.3. The lowest BCUT2D eigenvalue weighted by molar-refractivity contribution is -0.389. The zero-order valence-electron chi connectivity index (χ0n) is 11.4. The number of nitrogens with zero attached hydrogens (tertiary/aromatic N) is 4. The monoisotopic (exact) mass is 295 g/mol. The molecule has 8 heteroatoms. The highest BCUT2D eigenvalue weighted by atomic mass is 32.1. The van der Waals surface area contributed by atoms with Gasteiger partial charge in [0.05, 0.1) is 0 Å². The van der Waals surface area contributed by atoms with E-state index in [0.717, 1.165) is 12.8 Å². The van der Waals surface area contributed by atoms with Crippen molar-refractivity contribution in [1.29, 1.82) is 0 Å². The smallest absolute Gasteiger partial charge is 0.358 e. The van der Waals surface area contributed by atoms with Gasteiger partial charge in [0.15, 0.2) is 0 Å². The summed E-state index contributed by atoms with van der Waals surface area (Å²) < 4.78 is 1.52. The van der Waals surface area contributed by atoms with Crippen molar-refractivity contribution in [1.82, 2.24) is 14.4 Å². The van der Waals surface area contributed by atoms with E-state index in [-0.39, 0.29) is 10.7 Å². The Kier molecular flexibility index (Phi) is 3.35. The molecule has 0 amide bonds. The molecular weight excluding hydrogens is 278 g/mol. The van der Waals surface area contributed by atoms with Crippen LogP contribution in [0.15, 0.2) is 11.6 Å². The van der Waals surface area contributed by atoms with E-state index in [1.807, 2.05) is 0 Å². The van der Waals surface area contributed by atoms with Gasteiger partial charge in [0.1, 0.15) is 6.20 Å². The van der Waals surface area contributed by atoms with Gasteiger partial charge in [0.2, 0.25) is 5.82 Å². The maximum absolute atomic E-state index is 11.3. The second-order valence-electron chi connectivity index (χ2n) is 5.24. The van der Waals surface area contributed by atoms with Gasteiger partial charge < -0.3 is 10.1 Å². The number of rotatable bonds is 3. The predicted molar refractivity (Wildman–Crippen MR) is 78.0 cm³/mol. The van der Waals surface area contributed by atoms with Crippen LogP contribution in [0.1, 0.15) is 33.1 Å². The minimum Gasteiger partial charge on any atom is -0.358 e. The van der Waals surface area contributed by atoms with Gasteiger partial charge in [-0.1, -0.05) is 17.8 Å². The van der Waals surface area contributed by atoms with Crippen LogP contribution in [-0.2, 0) is 0 Å². The molecule has 0 aliphatic carbocycles. The highest BCUT2D eigenvalue weighted by molar-refractivity contribution is 7.15. The molecule has 1 fully saturated rings. The molecule has 2 aromatic heterocycles. The second-order valence-corrected chi connectivity index (χ2v) is 6.12. The molecule has 0 radical (unpaired) electrons. The Morgan fingerprint density at radius 3 is 2.80 bits per heavy atom. The van der Waals surface area contributed by atoms with Crippen molar-refractivity contribution < 1.29 is 4.92 Å². The molecule has 1 saturated heterocycles. The van der Waals surface area contributed by atoms with Crippen LogP contribution in [0.3, 0.4) is 0 Å². The quantitative estimate of drug-likeness (QED) is 0.696. The molecule has 2 aromatic rings. The van der Waals surface area contributed by atoms with E-state index in [9.17, 15) is 10.1 Å². The van der Waals surface area contributed by atoms with E-state index >= 15 is 0 Å². The lowest BCUT2D eigenvalue weighted by atomic mass is 10.00. The topological polar surface area (TPSA) is 75.7 Å². The third kappa shape index (κ3) is 2.14. The maximum Gasteiger partial charge on any atom is 0.374 e. The standard InChI is InChI=1S/C12H17N5O2S/c1-8-4-3-5-9(2)16(8)14-10-11(17(18)19)15-6-7-20-12(15)13-10/h6-9,14H,3-5H2,1-2H3. The zero-order valence-corrected chi connectivity index (χ0v) is 12.3. The van der Waals surface area contributed by atoms with E-state index in [0.29, 0.717) is 22.9 Å². The molecule has 0 spiro atoms. The molecule has 20 heavy (non-hydrogen) atoms. The van der Waals surface area contributed by atoms with Gasteiger partial charge in [-0.2, -0.15) is 9.38 Å². The molecule has 2 unspecified atom stereocenters. The summed E-state index contributed by atoms with van der Waals surface area (Å²) in [6.45, 7) is 4.26. The van der Waals surface area contributed by atoms with Crippen LogP contribution in [0.4, 0.5) is 11.6 Å². The molecule has 7 nitrogen and oxygen atoms in total. The molecular formula is C12H17N5O2S. The minimum absolute atomic E-state index is 0.00576. The predicted octanol–water partition coefficient (Wildman–Crippen LogP) is 2.89. The van der Waals surface area contributed by atoms with Crippen molar-refractivity contribution in [3.05, 3.63) is 21.7 Å². The van der Waals surface area contributed by atoms with E-state index in [2.05, 4.69) is 29.3 Å². The highest BCUT2D eigenvalue weighted by Gasteiger charge is 2.30. The Labute approximate surface area is 120 Å². The van der Waals surface area contributed by atoms with Crippen LogP contribution in [0.2, 0.25) is 0 Å². The van der Waals surface area contributed by atoms with Crippen LogP contribution < -0.4 is 5.43 Å². The third-order valence-electron chi connectivity index (χ3n) is 3.84. The first-order chi connectivity index (χ1) is 9.58. The average molecular weight is 295 g/mol. The van der Waals surface area contributed by atoms with Gasteiger partial charge in [-0.15, -0.1) is 0 Å². The van der Waals surface area contributed by atoms with Crippen LogP contribution in [0.5, 0.6) is 0 Å². The number of fused-ring (bicyclic) bond motifs is 1. The highest BCUT2D eigenvalue weighted by Crippen LogP contribution is 2.30. The molecule has 0 bridgehead atoms. The van der Waals surface area contributed by atoms with Crippen molar-refractivity contribution >= 4 is 27.9 Å². The van der Waals surface area contributed by atoms with Gasteiger partial charge >= 0.3 is 5.82 Å². The number of nitrogens with one attached hydrogen (secondary N) is 1. The lowest BCUT2D eigenvalue weighted by Crippen LogP contribution is -2.47. The van der Waals surface area contributed by atoms with Crippen molar-refractivity contribution in [3.63, 3.8) is 0 Å². The van der Waals surface area contributed by atoms with Crippen molar-refractivity contribution in [2.75, 3.05) is 5.43 Å². The Morgan fingerprint density at radius 1 is 1.45 bits per heavy atom. The summed E-state index contributed by atoms with van der Waals surface area (Å²) >= 11 is 1.39. The maximum atomic E-state index is 11.3. The summed E-state index contributed by atoms with van der Waals surface area (Å²) in [6.07, 6.45) is 5.06. The number of hydrazine groups is 1. The fourth-order valence-electron chi connectivity index (χ4n) is 2.79. The van der Waals surface area contributed by atoms with Crippen LogP contribution in [-0.4, -0.2) is 31.4 Å². The van der Waals surface area contributed by atoms with Crippen LogP contribution in [0.25, 0.3) is 4.96 Å². The Morgan fingerprint density at radius 2 is 2.15 bits per heavy atom. The van der Waals surface area contributed by atoms with Gasteiger partial charge in [0, 0.05) is 17.5 Å². The largest absolute Gasteiger partial charge is 0.374 e. The van der Waals surface area contributed by atoms with Crippen molar-refractivity contribution in [3.8, 4) is 0 Å². The molecule has 108 valence electrons. The molecule has 0 aromatic carbocycles. The molecule has 1 aliphatic rings. The van der Waals surface area contributed by atoms with Gasteiger partial charge in [-0.05, 0) is 31.6 Å². The average Bonchev–Trinajstić information content (AvgIpc) is 2.93. The summed E-state index contributed by atoms with van der Waals surface area (Å²) in [5.41, 5.74) is 3.17. The molecule has 2 atom stereocenters. The summed E-state index contributed by atoms with van der Waals surface area (Å²) in [5.74, 6) is 0.341. The SMILES string of the molecule is CC1CCCC(C)N1Nc1nc2sccn2c1[N+](=O)[O-]. The second kappa shape index (κ2) is 5.02. The number of piperidine rings is 1. The Bertz CT molecular complexity index is 627. The Balaban J connectivity index is 1.95. The van der Waals surface area contributed by atoms with Crippen molar-refractivity contribution in [2.24, 2.45) is 0 Å². The van der Waals surface area contributed by atoms with Gasteiger partial charge in [-0.3, -0.25) is 5.43 Å². The molecule has 0 saturated carbocycles. The summed E-state index contributed by atoms with van der Waals surface area (Å²) in [6, 6.07) is 0.691. The van der Waals surface area contributed by atoms with Crippen LogP contribution >= 0.6 is 11.3 Å². The Hall–Kier alpha value is -1.67. The van der Waals surface area contributed by atoms with E-state index < -0.39 is 0 Å². The molecule has 3 heterocycles. The first kappa shape index (κ1) is 13.3. The number of hydrogen-bond acceptors (Lipinski definition) is 6. The number of thiazole rings is 1. The lowest BCUT2D eigenvalue weighted by Gasteiger charge is -2.38. The summed E-state index contributed by atoms with van der Waals surface area (Å²) in [5, 5.41) is 15.2. The van der Waals surface area contributed by atoms with Gasteiger partial charge in [0.25, 0.3) is 4.96 Å². The number of nitro groups is 1. The first-order valence-electron chi connectivity index (χ1n) is 6.73. The van der Waals surface area contributed by atoms with E-state index in [4.69, 9.17) is 0 Å². The number of hydrogen-bond donors (Lipinski definition) is 1. The fourth-order valence-corrected chi connectivity index (χ4v) is 3.50. The molecule has 3 rings (SSSR count). The first-order valence-corrected chi connectivity index (χ1v) is 7.61. The van der Waals surface area contributed by atoms with Crippen LogP contribution in [0, 0.1) is 10.1 Å². The molecule has 1 aliphatic heterocycles. The summed E-state index contributed by atoms with van der Waals surface area (Å²) in [4.78, 5) is 15.9. The summed E-state index contributed by atoms with van der Waals surface area (Å²) in [7, 11) is 0. The minimum atomic E-state index is -0.381. The number of imidazole rings is 1. The third-order valence-corrected chi connectivity index (χ3v) is 4.59. The van der Waals surface area contributed by atoms with E-state index in [1.54, 1.807) is 11.6 Å². The normalized spacial score (nSPS) is 24.1.